The molecular weight excluding hydrogens is 398 g/mol. The second-order valence-electron chi connectivity index (χ2n) is 5.66. The van der Waals surface area contributed by atoms with Gasteiger partial charge in [-0.2, -0.15) is 0 Å². The summed E-state index contributed by atoms with van der Waals surface area (Å²) in [6, 6.07) is 8.02. The molecule has 2 rings (SSSR count). The molecule has 0 fully saturated rings. The van der Waals surface area contributed by atoms with E-state index in [0.29, 0.717) is 28.5 Å². The molecule has 0 atom stereocenters. The van der Waals surface area contributed by atoms with Gasteiger partial charge in [-0.1, -0.05) is 11.6 Å². The Hall–Kier alpha value is -3.19. The molecule has 0 heterocycles. The van der Waals surface area contributed by atoms with Crippen LogP contribution in [0.1, 0.15) is 22.8 Å². The normalized spacial score (nSPS) is 10.5. The number of anilines is 1. The first kappa shape index (κ1) is 22.1. The number of amides is 1. The first-order valence-electron chi connectivity index (χ1n) is 8.69. The smallest absolute Gasteiger partial charge is 0.339 e. The van der Waals surface area contributed by atoms with Crippen LogP contribution in [-0.4, -0.2) is 39.8 Å². The Morgan fingerprint density at radius 2 is 1.76 bits per heavy atom. The number of hydrogen-bond acceptors (Lipinski definition) is 6. The van der Waals surface area contributed by atoms with E-state index in [1.165, 1.54) is 39.5 Å². The van der Waals surface area contributed by atoms with Crippen molar-refractivity contribution in [2.45, 2.75) is 6.92 Å². The molecule has 0 radical (unpaired) electrons. The highest BCUT2D eigenvalue weighted by Gasteiger charge is 2.15. The van der Waals surface area contributed by atoms with Crippen molar-refractivity contribution in [1.82, 2.24) is 0 Å². The quantitative estimate of drug-likeness (QED) is 0.510. The van der Waals surface area contributed by atoms with Crippen molar-refractivity contribution in [2.24, 2.45) is 0 Å². The third-order valence-corrected chi connectivity index (χ3v) is 4.21. The van der Waals surface area contributed by atoms with Gasteiger partial charge >= 0.3 is 5.97 Å². The summed E-state index contributed by atoms with van der Waals surface area (Å²) in [6.45, 7) is 1.92. The standard InChI is InChI=1S/C21H22ClNO6/c1-5-29-21(25)15-12-14(8-9-16(15)22)23-18(24)11-7-13-6-10-17(26-2)20(28-4)19(13)27-3/h6-12H,5H2,1-4H3,(H,23,24)/b11-7+. The number of carbonyl (C=O) groups excluding carboxylic acids is 2. The lowest BCUT2D eigenvalue weighted by molar-refractivity contribution is -0.111. The van der Waals surface area contributed by atoms with E-state index in [2.05, 4.69) is 5.32 Å². The van der Waals surface area contributed by atoms with Crippen molar-refractivity contribution in [1.29, 1.82) is 0 Å². The monoisotopic (exact) mass is 419 g/mol. The third kappa shape index (κ3) is 5.42. The zero-order valence-corrected chi connectivity index (χ0v) is 17.3. The zero-order valence-electron chi connectivity index (χ0n) is 16.6. The molecule has 7 nitrogen and oxygen atoms in total. The van der Waals surface area contributed by atoms with Gasteiger partial charge < -0.3 is 24.3 Å². The summed E-state index contributed by atoms with van der Waals surface area (Å²) < 4.78 is 20.9. The van der Waals surface area contributed by atoms with E-state index in [4.69, 9.17) is 30.5 Å². The number of esters is 1. The highest BCUT2D eigenvalue weighted by Crippen LogP contribution is 2.40. The first-order valence-corrected chi connectivity index (χ1v) is 9.07. The Morgan fingerprint density at radius 1 is 1.03 bits per heavy atom. The van der Waals surface area contributed by atoms with Gasteiger partial charge in [0.15, 0.2) is 11.5 Å². The highest BCUT2D eigenvalue weighted by atomic mass is 35.5. The van der Waals surface area contributed by atoms with E-state index in [-0.39, 0.29) is 17.2 Å². The van der Waals surface area contributed by atoms with Crippen LogP contribution in [-0.2, 0) is 9.53 Å². The van der Waals surface area contributed by atoms with Gasteiger partial charge in [-0.15, -0.1) is 0 Å². The van der Waals surface area contributed by atoms with Gasteiger partial charge in [0.25, 0.3) is 0 Å². The van der Waals surface area contributed by atoms with Crippen molar-refractivity contribution in [3.05, 3.63) is 52.6 Å². The molecule has 0 unspecified atom stereocenters. The van der Waals surface area contributed by atoms with Crippen LogP contribution in [0.5, 0.6) is 17.2 Å². The lowest BCUT2D eigenvalue weighted by Crippen LogP contribution is -2.10. The number of rotatable bonds is 8. The summed E-state index contributed by atoms with van der Waals surface area (Å²) in [4.78, 5) is 24.2. The average Bonchev–Trinajstić information content (AvgIpc) is 2.72. The molecule has 0 aliphatic heterocycles. The highest BCUT2D eigenvalue weighted by molar-refractivity contribution is 6.33. The second-order valence-corrected chi connectivity index (χ2v) is 6.07. The minimum atomic E-state index is -0.556. The van der Waals surface area contributed by atoms with Gasteiger partial charge in [0, 0.05) is 17.3 Å². The minimum absolute atomic E-state index is 0.178. The molecule has 8 heteroatoms. The fourth-order valence-corrected chi connectivity index (χ4v) is 2.77. The molecule has 2 aromatic rings. The molecule has 1 N–H and O–H groups in total. The van der Waals surface area contributed by atoms with Crippen LogP contribution >= 0.6 is 11.6 Å². The third-order valence-electron chi connectivity index (χ3n) is 3.88. The molecule has 0 saturated carbocycles. The van der Waals surface area contributed by atoms with E-state index in [0.717, 1.165) is 0 Å². The van der Waals surface area contributed by atoms with Crippen LogP contribution in [0.4, 0.5) is 5.69 Å². The van der Waals surface area contributed by atoms with Crippen molar-refractivity contribution >= 4 is 35.2 Å². The second kappa shape index (κ2) is 10.4. The topological polar surface area (TPSA) is 83.1 Å². The van der Waals surface area contributed by atoms with Gasteiger partial charge in [-0.05, 0) is 43.3 Å². The van der Waals surface area contributed by atoms with Gasteiger partial charge in [0.05, 0.1) is 38.5 Å². The summed E-state index contributed by atoms with van der Waals surface area (Å²) >= 11 is 6.03. The molecule has 0 aromatic heterocycles. The van der Waals surface area contributed by atoms with Crippen LogP contribution in [0.25, 0.3) is 6.08 Å². The van der Waals surface area contributed by atoms with Crippen molar-refractivity contribution in [3.63, 3.8) is 0 Å². The molecule has 154 valence electrons. The molecule has 2 aromatic carbocycles. The van der Waals surface area contributed by atoms with Crippen LogP contribution in [0, 0.1) is 0 Å². The lowest BCUT2D eigenvalue weighted by atomic mass is 10.1. The fourth-order valence-electron chi connectivity index (χ4n) is 2.57. The van der Waals surface area contributed by atoms with Crippen LogP contribution < -0.4 is 19.5 Å². The largest absolute Gasteiger partial charge is 0.493 e. The molecule has 0 spiro atoms. The average molecular weight is 420 g/mol. The molecule has 1 amide bonds. The molecular formula is C21H22ClNO6. The summed E-state index contributed by atoms with van der Waals surface area (Å²) in [5, 5.41) is 2.92. The Bertz CT molecular complexity index is 926. The Morgan fingerprint density at radius 3 is 2.38 bits per heavy atom. The van der Waals surface area contributed by atoms with E-state index in [9.17, 15) is 9.59 Å². The molecule has 0 saturated heterocycles. The Kier molecular flexibility index (Phi) is 7.91. The predicted octanol–water partition coefficient (Wildman–Crippen LogP) is 4.19. The number of ether oxygens (including phenoxy) is 4. The Balaban J connectivity index is 2.20. The number of hydrogen-bond donors (Lipinski definition) is 1. The molecule has 29 heavy (non-hydrogen) atoms. The Labute approximate surface area is 174 Å². The van der Waals surface area contributed by atoms with Crippen molar-refractivity contribution in [2.75, 3.05) is 33.3 Å². The van der Waals surface area contributed by atoms with Gasteiger partial charge in [-0.3, -0.25) is 4.79 Å². The van der Waals surface area contributed by atoms with E-state index in [1.54, 1.807) is 31.2 Å². The van der Waals surface area contributed by atoms with E-state index in [1.807, 2.05) is 0 Å². The number of halogens is 1. The molecule has 0 bridgehead atoms. The summed E-state index contributed by atoms with van der Waals surface area (Å²) in [7, 11) is 4.53. The fraction of sp³-hybridized carbons (Fsp3) is 0.238. The van der Waals surface area contributed by atoms with Crippen LogP contribution in [0.15, 0.2) is 36.4 Å². The maximum Gasteiger partial charge on any atom is 0.339 e. The molecule has 0 aliphatic rings. The van der Waals surface area contributed by atoms with Gasteiger partial charge in [0.2, 0.25) is 11.7 Å². The van der Waals surface area contributed by atoms with E-state index >= 15 is 0 Å². The molecule has 0 aliphatic carbocycles. The minimum Gasteiger partial charge on any atom is -0.493 e. The van der Waals surface area contributed by atoms with Gasteiger partial charge in [0.1, 0.15) is 0 Å². The number of methoxy groups -OCH3 is 3. The van der Waals surface area contributed by atoms with Crippen LogP contribution in [0.2, 0.25) is 5.02 Å². The SMILES string of the molecule is CCOC(=O)c1cc(NC(=O)/C=C/c2ccc(OC)c(OC)c2OC)ccc1Cl. The summed E-state index contributed by atoms with van der Waals surface area (Å²) in [5.41, 5.74) is 1.21. The summed E-state index contributed by atoms with van der Waals surface area (Å²) in [5.74, 6) is 0.415. The van der Waals surface area contributed by atoms with Crippen molar-refractivity contribution in [3.8, 4) is 17.2 Å². The van der Waals surface area contributed by atoms with Crippen molar-refractivity contribution < 1.29 is 28.5 Å². The first-order chi connectivity index (χ1) is 13.9. The van der Waals surface area contributed by atoms with Crippen LogP contribution in [0.3, 0.4) is 0 Å². The number of carbonyl (C=O) groups is 2. The summed E-state index contributed by atoms with van der Waals surface area (Å²) in [6.07, 6.45) is 2.92. The number of benzene rings is 2. The number of nitrogens with one attached hydrogen (secondary N) is 1. The predicted molar refractivity (Wildman–Crippen MR) is 111 cm³/mol. The lowest BCUT2D eigenvalue weighted by Gasteiger charge is -2.14. The zero-order chi connectivity index (χ0) is 21.4. The maximum atomic E-state index is 12.3. The maximum absolute atomic E-state index is 12.3. The van der Waals surface area contributed by atoms with Gasteiger partial charge in [-0.25, -0.2) is 4.79 Å². The van der Waals surface area contributed by atoms with E-state index < -0.39 is 11.9 Å².